The number of benzene rings is 10. The van der Waals surface area contributed by atoms with Crippen molar-refractivity contribution in [3.05, 3.63) is 257 Å². The average Bonchev–Trinajstić information content (AvgIpc) is 1.56. The van der Waals surface area contributed by atoms with E-state index in [0.717, 1.165) is 120 Å². The number of anilines is 3. The lowest BCUT2D eigenvalue weighted by atomic mass is 9.79. The van der Waals surface area contributed by atoms with E-state index in [9.17, 15) is 84.3 Å². The van der Waals surface area contributed by atoms with E-state index < -0.39 is 117 Å². The van der Waals surface area contributed by atoms with Crippen LogP contribution in [0.3, 0.4) is 0 Å². The van der Waals surface area contributed by atoms with Crippen molar-refractivity contribution in [1.82, 2.24) is 35.5 Å². The van der Waals surface area contributed by atoms with Gasteiger partial charge in [0.1, 0.15) is 39.8 Å². The topological polar surface area (TPSA) is 426 Å². The summed E-state index contributed by atoms with van der Waals surface area (Å²) in [7, 11) is -24.0. The van der Waals surface area contributed by atoms with Crippen molar-refractivity contribution in [3.8, 4) is 22.5 Å². The maximum atomic E-state index is 14.7. The smallest absolute Gasteiger partial charge is 0.295 e. The predicted octanol–water partition coefficient (Wildman–Crippen LogP) is 15.3. The Morgan fingerprint density at radius 3 is 1.91 bits per heavy atom. The average molecular weight is 2010 g/mol. The number of nitrogens with zero attached hydrogens (tertiary/aromatic N) is 5. The zero-order valence-corrected chi connectivity index (χ0v) is 83.4. The molecule has 2 fully saturated rings. The molecule has 0 aromatic heterocycles. The molecule has 0 radical (unpaired) electrons. The SMILES string of the molecule is CC[C@H](NC(=O)[C@H](CC1CCCCC1)NC(=O)c1ccc(CCNC(=O)C2CCN(S(=O)(=O)c3cccc(-c4c5ccc(=[N+]6CCc7ccccc76)cc-5oc5cc(N6CCc7ccccc76)ccc45)c3)CC2)cc1)C(=O)NCCNC(=O)CCCCCN1\C(=C/C=C/C=C/C2=[N+](CC)c3ccc4c(S(=O)(=O)O)cc(S(=O)(=O)O)cc4c3C2(C)C)C(C)(C)c2c1ccc1c(S(=O)(=O)O)cc(S(=O)(=O)O)cc21. The van der Waals surface area contributed by atoms with Crippen molar-refractivity contribution in [2.75, 3.05) is 68.7 Å². The molecule has 0 unspecified atom stereocenters. The first kappa shape index (κ1) is 100. The minimum atomic E-state index is -5.06. The van der Waals surface area contributed by atoms with Crippen LogP contribution in [0, 0.1) is 11.8 Å². The molecular weight excluding hydrogens is 1890 g/mol. The van der Waals surface area contributed by atoms with Crippen LogP contribution in [0.2, 0.25) is 0 Å². The Morgan fingerprint density at radius 2 is 1.22 bits per heavy atom. The summed E-state index contributed by atoms with van der Waals surface area (Å²) in [5, 5.41) is 16.8. The molecule has 0 bridgehead atoms. The number of hydrogen-bond acceptors (Lipinski definition) is 18. The normalized spacial score (nSPS) is 17.5. The van der Waals surface area contributed by atoms with Crippen molar-refractivity contribution in [2.45, 2.75) is 192 Å². The number of carbonyl (C=O) groups excluding carboxylic acids is 5. The van der Waals surface area contributed by atoms with Gasteiger partial charge in [0.15, 0.2) is 12.3 Å². The molecule has 1 saturated heterocycles. The number of para-hydroxylation sites is 2. The maximum absolute atomic E-state index is 14.7. The fraction of sp³-hybridized carbons (Fsp3) is 0.349. The number of carbonyl (C=O) groups is 5. The lowest BCUT2D eigenvalue weighted by molar-refractivity contribution is -0.433. The van der Waals surface area contributed by atoms with Gasteiger partial charge in [-0.1, -0.05) is 144 Å². The minimum absolute atomic E-state index is 0.000742. The Balaban J connectivity index is 0.484. The number of allylic oxidation sites excluding steroid dienone is 6. The molecule has 2 aliphatic carbocycles. The molecule has 6 aliphatic heterocycles. The second kappa shape index (κ2) is 40.5. The van der Waals surface area contributed by atoms with Crippen LogP contribution < -0.4 is 46.3 Å². The van der Waals surface area contributed by atoms with E-state index in [1.54, 1.807) is 79.7 Å². The Hall–Kier alpha value is -12.4. The summed E-state index contributed by atoms with van der Waals surface area (Å²) in [6, 6.07) is 51.5. The molecule has 17 rings (SSSR count). The number of amides is 5. The molecule has 6 heterocycles. The van der Waals surface area contributed by atoms with Crippen LogP contribution in [0.5, 0.6) is 0 Å². The van der Waals surface area contributed by atoms with Gasteiger partial charge in [0.25, 0.3) is 46.4 Å². The summed E-state index contributed by atoms with van der Waals surface area (Å²) in [6.45, 7) is 14.2. The number of nitrogens with one attached hydrogen (secondary N) is 5. The van der Waals surface area contributed by atoms with Gasteiger partial charge in [-0.05, 0) is 202 Å². The molecule has 141 heavy (non-hydrogen) atoms. The largest absolute Gasteiger partial charge is 0.456 e. The van der Waals surface area contributed by atoms with E-state index in [0.29, 0.717) is 122 Å². The monoisotopic (exact) mass is 2010 g/mol. The van der Waals surface area contributed by atoms with Crippen LogP contribution in [0.25, 0.3) is 55.0 Å². The Morgan fingerprint density at radius 1 is 0.546 bits per heavy atom. The van der Waals surface area contributed by atoms with Gasteiger partial charge >= 0.3 is 0 Å². The summed E-state index contributed by atoms with van der Waals surface area (Å²) in [5.41, 5.74) is 11.8. The Kier molecular flexibility index (Phi) is 28.8. The zero-order chi connectivity index (χ0) is 100.0. The standard InChI is InChI=1S/C106H114N10O20S5/c1-7-85(103(120)109-53-52-107-97(117)33-16-11-21-54-116-90-45-43-80-84(64-78(139(127,128)129)66-94(80)141(133,134)135)100(90)106(5,6)96(116)32-15-10-14-31-95-105(3,4)99-83-63-77(138(124,125)126)65-93(140(130,131)132)79(83)42-44-89(99)113(95)8-2)110-104(121)86(59-68-23-12-9-13-24-68)111-102(119)71-36-34-67(35-37-71)46-51-108-101(118)72-47-55-112(56-48-72)137(122,123)76-28-22-27-73(60-76)98-81-40-38-74(114-57-49-69-25-17-19-29-87(69)114)61-91(81)136-92-62-75(39-41-82(92)98)115-58-50-70-26-18-20-30-88(70)115/h10,14-15,17-20,22,25-32,34-45,60-66,68,72,85-86H,7-9,11-13,16,21,23-24,33,46-59H2,1-6H3,(H7-2,107,108,109,110,111,117,118,119,120,121,124,125,126,127,128,129,130,131,132,133,134,135)/p+2/t85-,86-/m0/s1. The Labute approximate surface area is 821 Å². The maximum Gasteiger partial charge on any atom is 0.295 e. The van der Waals surface area contributed by atoms with Gasteiger partial charge < -0.3 is 40.8 Å². The number of piperidine rings is 1. The van der Waals surface area contributed by atoms with E-state index in [4.69, 9.17) is 4.42 Å². The summed E-state index contributed by atoms with van der Waals surface area (Å²) < 4.78 is 185. The highest BCUT2D eigenvalue weighted by molar-refractivity contribution is 7.89. The highest BCUT2D eigenvalue weighted by Gasteiger charge is 2.47. The van der Waals surface area contributed by atoms with Crippen LogP contribution in [0.1, 0.15) is 163 Å². The number of fused-ring (bicyclic) bond motifs is 10. The van der Waals surface area contributed by atoms with Crippen molar-refractivity contribution >= 4 is 147 Å². The minimum Gasteiger partial charge on any atom is -0.456 e. The van der Waals surface area contributed by atoms with E-state index in [2.05, 4.69) is 121 Å². The summed E-state index contributed by atoms with van der Waals surface area (Å²) in [6.07, 6.45) is 18.9. The third-order valence-corrected chi connectivity index (χ3v) is 33.9. The van der Waals surface area contributed by atoms with Crippen LogP contribution >= 0.6 is 0 Å². The quantitative estimate of drug-likeness (QED) is 0.00606. The summed E-state index contributed by atoms with van der Waals surface area (Å²) in [5.74, 6) is -1.50. The van der Waals surface area contributed by atoms with Gasteiger partial charge in [0, 0.05) is 167 Å². The molecule has 8 aliphatic rings. The third kappa shape index (κ3) is 20.9. The van der Waals surface area contributed by atoms with Gasteiger partial charge in [-0.2, -0.15) is 47.1 Å². The Bertz CT molecular complexity index is 7670. The van der Waals surface area contributed by atoms with Crippen LogP contribution in [0.4, 0.5) is 28.4 Å². The number of unbranched alkanes of at least 4 members (excludes halogenated alkanes) is 2. The van der Waals surface area contributed by atoms with Gasteiger partial charge in [0.05, 0.1) is 26.2 Å². The first-order valence-corrected chi connectivity index (χ1v) is 55.2. The van der Waals surface area contributed by atoms with E-state index in [1.165, 1.54) is 33.6 Å². The van der Waals surface area contributed by atoms with Crippen molar-refractivity contribution < 1.29 is 93.3 Å². The van der Waals surface area contributed by atoms with Gasteiger partial charge in [-0.15, -0.1) is 0 Å². The molecule has 2 atom stereocenters. The zero-order valence-electron chi connectivity index (χ0n) is 79.3. The van der Waals surface area contributed by atoms with Crippen LogP contribution in [0.15, 0.2) is 247 Å². The molecule has 9 aromatic rings. The number of sulfonamides is 1. The van der Waals surface area contributed by atoms with E-state index in [1.807, 2.05) is 62.3 Å². The number of rotatable bonds is 33. The second-order valence-electron chi connectivity index (χ2n) is 38.2. The molecule has 30 nitrogen and oxygen atoms in total. The molecule has 5 amide bonds. The summed E-state index contributed by atoms with van der Waals surface area (Å²) >= 11 is 0. The van der Waals surface area contributed by atoms with Gasteiger partial charge in [-0.3, -0.25) is 42.2 Å². The number of hydrogen-bond donors (Lipinski definition) is 9. The molecule has 738 valence electrons. The van der Waals surface area contributed by atoms with Crippen molar-refractivity contribution in [2.24, 2.45) is 11.8 Å². The molecule has 9 N–H and O–H groups in total. The van der Waals surface area contributed by atoms with Gasteiger partial charge in [-0.25, -0.2) is 8.42 Å². The van der Waals surface area contributed by atoms with E-state index in [-0.39, 0.29) is 83.2 Å². The molecular formula is C106H116N10O20S5+2. The van der Waals surface area contributed by atoms with Gasteiger partial charge in [0.2, 0.25) is 50.4 Å². The fourth-order valence-corrected chi connectivity index (χ4v) is 25.7. The lowest BCUT2D eigenvalue weighted by Crippen LogP contribution is -2.54. The van der Waals surface area contributed by atoms with Crippen LogP contribution in [-0.2, 0) is 99.8 Å². The molecule has 35 heteroatoms. The highest BCUT2D eigenvalue weighted by Crippen LogP contribution is 2.53. The lowest BCUT2D eigenvalue weighted by Gasteiger charge is -2.30. The predicted molar refractivity (Wildman–Crippen MR) is 542 cm³/mol. The second-order valence-corrected chi connectivity index (χ2v) is 45.8. The first-order chi connectivity index (χ1) is 67.2. The summed E-state index contributed by atoms with van der Waals surface area (Å²) in [4.78, 5) is 71.0. The molecule has 1 saturated carbocycles. The first-order valence-electron chi connectivity index (χ1n) is 48.0. The molecule has 9 aromatic carbocycles. The third-order valence-electron chi connectivity index (χ3n) is 28.6. The van der Waals surface area contributed by atoms with E-state index >= 15 is 0 Å². The van der Waals surface area contributed by atoms with Crippen LogP contribution in [-0.4, -0.2) is 175 Å². The highest BCUT2D eigenvalue weighted by atomic mass is 32.2. The fourth-order valence-electron chi connectivity index (χ4n) is 21.5. The van der Waals surface area contributed by atoms with Crippen molar-refractivity contribution in [1.29, 1.82) is 0 Å². The van der Waals surface area contributed by atoms with Crippen molar-refractivity contribution in [3.63, 3.8) is 0 Å². The molecule has 0 spiro atoms.